The van der Waals surface area contributed by atoms with Gasteiger partial charge in [0, 0.05) is 18.0 Å². The molecule has 1 aromatic heterocycles. The highest BCUT2D eigenvalue weighted by Crippen LogP contribution is 2.18. The minimum absolute atomic E-state index is 0.0440. The van der Waals surface area contributed by atoms with E-state index in [1.54, 1.807) is 19.5 Å². The Morgan fingerprint density at radius 1 is 1.57 bits per heavy atom. The van der Waals surface area contributed by atoms with Crippen molar-refractivity contribution in [2.45, 2.75) is 13.0 Å². The SMILES string of the molecule is CCSCC(N)c1cncc(OC)c1. The third kappa shape index (κ3) is 3.20. The molecule has 0 radical (unpaired) electrons. The van der Waals surface area contributed by atoms with Crippen molar-refractivity contribution >= 4 is 11.8 Å². The summed E-state index contributed by atoms with van der Waals surface area (Å²) >= 11 is 1.83. The number of ether oxygens (including phenoxy) is 1. The van der Waals surface area contributed by atoms with Gasteiger partial charge < -0.3 is 10.5 Å². The van der Waals surface area contributed by atoms with E-state index in [2.05, 4.69) is 11.9 Å². The number of aromatic nitrogens is 1. The molecule has 0 aliphatic rings. The average Bonchev–Trinajstić information content (AvgIpc) is 2.26. The van der Waals surface area contributed by atoms with Crippen molar-refractivity contribution in [3.8, 4) is 5.75 Å². The van der Waals surface area contributed by atoms with Crippen LogP contribution < -0.4 is 10.5 Å². The fourth-order valence-corrected chi connectivity index (χ4v) is 1.77. The summed E-state index contributed by atoms with van der Waals surface area (Å²) in [5.41, 5.74) is 7.02. The van der Waals surface area contributed by atoms with Gasteiger partial charge in [-0.1, -0.05) is 6.92 Å². The molecule has 0 aliphatic heterocycles. The molecule has 0 spiro atoms. The molecule has 1 aromatic rings. The Bertz CT molecular complexity index is 281. The molecule has 4 heteroatoms. The lowest BCUT2D eigenvalue weighted by Crippen LogP contribution is -2.13. The molecule has 0 amide bonds. The van der Waals surface area contributed by atoms with E-state index >= 15 is 0 Å². The standard InChI is InChI=1S/C10H16N2OS/c1-3-14-7-10(11)8-4-9(13-2)6-12-5-8/h4-6,10H,3,7,11H2,1-2H3. The van der Waals surface area contributed by atoms with Crippen LogP contribution in [0.4, 0.5) is 0 Å². The van der Waals surface area contributed by atoms with Crippen LogP contribution in [-0.2, 0) is 0 Å². The summed E-state index contributed by atoms with van der Waals surface area (Å²) in [5.74, 6) is 2.77. The second kappa shape index (κ2) is 5.88. The smallest absolute Gasteiger partial charge is 0.137 e. The Kier molecular flexibility index (Phi) is 4.76. The molecule has 78 valence electrons. The van der Waals surface area contributed by atoms with Gasteiger partial charge >= 0.3 is 0 Å². The zero-order chi connectivity index (χ0) is 10.4. The zero-order valence-electron chi connectivity index (χ0n) is 8.56. The second-order valence-electron chi connectivity index (χ2n) is 2.92. The number of rotatable bonds is 5. The Morgan fingerprint density at radius 3 is 3.00 bits per heavy atom. The van der Waals surface area contributed by atoms with Gasteiger partial charge in [0.1, 0.15) is 5.75 Å². The van der Waals surface area contributed by atoms with Gasteiger partial charge in [0.25, 0.3) is 0 Å². The third-order valence-electron chi connectivity index (χ3n) is 1.90. The van der Waals surface area contributed by atoms with Crippen molar-refractivity contribution in [2.24, 2.45) is 5.73 Å². The quantitative estimate of drug-likeness (QED) is 0.809. The lowest BCUT2D eigenvalue weighted by molar-refractivity contribution is 0.412. The molecule has 1 unspecified atom stereocenters. The third-order valence-corrected chi connectivity index (χ3v) is 2.90. The summed E-state index contributed by atoms with van der Waals surface area (Å²) in [5, 5.41) is 0. The van der Waals surface area contributed by atoms with E-state index in [4.69, 9.17) is 10.5 Å². The van der Waals surface area contributed by atoms with Crippen LogP contribution in [0.5, 0.6) is 5.75 Å². The maximum absolute atomic E-state index is 5.99. The first-order valence-electron chi connectivity index (χ1n) is 4.60. The van der Waals surface area contributed by atoms with Gasteiger partial charge in [0.15, 0.2) is 0 Å². The van der Waals surface area contributed by atoms with Crippen LogP contribution in [0.15, 0.2) is 18.5 Å². The highest BCUT2D eigenvalue weighted by molar-refractivity contribution is 7.99. The first kappa shape index (κ1) is 11.3. The maximum atomic E-state index is 5.99. The van der Waals surface area contributed by atoms with Gasteiger partial charge in [-0.25, -0.2) is 0 Å². The van der Waals surface area contributed by atoms with E-state index in [1.807, 2.05) is 17.8 Å². The van der Waals surface area contributed by atoms with Crippen LogP contribution in [0.25, 0.3) is 0 Å². The normalized spacial score (nSPS) is 12.5. The number of nitrogens with two attached hydrogens (primary N) is 1. The number of thioether (sulfide) groups is 1. The topological polar surface area (TPSA) is 48.1 Å². The number of nitrogens with zero attached hydrogens (tertiary/aromatic N) is 1. The van der Waals surface area contributed by atoms with Crippen molar-refractivity contribution < 1.29 is 4.74 Å². The van der Waals surface area contributed by atoms with Crippen LogP contribution in [0.3, 0.4) is 0 Å². The molecule has 2 N–H and O–H groups in total. The molecule has 0 aliphatic carbocycles. The van der Waals surface area contributed by atoms with E-state index in [1.165, 1.54) is 0 Å². The lowest BCUT2D eigenvalue weighted by atomic mass is 10.1. The zero-order valence-corrected chi connectivity index (χ0v) is 9.38. The van der Waals surface area contributed by atoms with Gasteiger partial charge in [0.05, 0.1) is 13.3 Å². The minimum atomic E-state index is 0.0440. The average molecular weight is 212 g/mol. The summed E-state index contributed by atoms with van der Waals surface area (Å²) in [6.45, 7) is 2.13. The maximum Gasteiger partial charge on any atom is 0.137 e. The molecule has 0 fully saturated rings. The first-order valence-corrected chi connectivity index (χ1v) is 5.75. The Balaban J connectivity index is 2.64. The monoisotopic (exact) mass is 212 g/mol. The molecule has 0 saturated carbocycles. The molecular formula is C10H16N2OS. The van der Waals surface area contributed by atoms with Gasteiger partial charge in [0.2, 0.25) is 0 Å². The summed E-state index contributed by atoms with van der Waals surface area (Å²) in [6, 6.07) is 1.98. The van der Waals surface area contributed by atoms with Crippen molar-refractivity contribution in [3.05, 3.63) is 24.0 Å². The predicted molar refractivity (Wildman–Crippen MR) is 60.7 cm³/mol. The lowest BCUT2D eigenvalue weighted by Gasteiger charge is -2.11. The van der Waals surface area contributed by atoms with Crippen LogP contribution in [0.2, 0.25) is 0 Å². The van der Waals surface area contributed by atoms with Crippen molar-refractivity contribution in [1.82, 2.24) is 4.98 Å². The second-order valence-corrected chi connectivity index (χ2v) is 4.24. The minimum Gasteiger partial charge on any atom is -0.495 e. The molecule has 1 atom stereocenters. The molecule has 0 bridgehead atoms. The van der Waals surface area contributed by atoms with Gasteiger partial charge in [-0.3, -0.25) is 4.98 Å². The molecule has 3 nitrogen and oxygen atoms in total. The molecule has 0 aromatic carbocycles. The van der Waals surface area contributed by atoms with Crippen LogP contribution >= 0.6 is 11.8 Å². The number of methoxy groups -OCH3 is 1. The van der Waals surface area contributed by atoms with Crippen LogP contribution in [0, 0.1) is 0 Å². The number of hydrogen-bond donors (Lipinski definition) is 1. The molecule has 1 rings (SSSR count). The number of hydrogen-bond acceptors (Lipinski definition) is 4. The van der Waals surface area contributed by atoms with Crippen LogP contribution in [0.1, 0.15) is 18.5 Å². The van der Waals surface area contributed by atoms with Crippen molar-refractivity contribution in [3.63, 3.8) is 0 Å². The summed E-state index contributed by atoms with van der Waals surface area (Å²) in [7, 11) is 1.63. The summed E-state index contributed by atoms with van der Waals surface area (Å²) in [4.78, 5) is 4.07. The van der Waals surface area contributed by atoms with E-state index in [-0.39, 0.29) is 6.04 Å². The highest BCUT2D eigenvalue weighted by Gasteiger charge is 2.06. The van der Waals surface area contributed by atoms with Crippen molar-refractivity contribution in [2.75, 3.05) is 18.6 Å². The summed E-state index contributed by atoms with van der Waals surface area (Å²) < 4.78 is 5.08. The first-order chi connectivity index (χ1) is 6.77. The summed E-state index contributed by atoms with van der Waals surface area (Å²) in [6.07, 6.45) is 3.48. The van der Waals surface area contributed by atoms with E-state index in [0.29, 0.717) is 0 Å². The fourth-order valence-electron chi connectivity index (χ4n) is 1.09. The Hall–Kier alpha value is -0.740. The Labute approximate surface area is 89.1 Å². The molecular weight excluding hydrogens is 196 g/mol. The number of pyridine rings is 1. The van der Waals surface area contributed by atoms with Crippen molar-refractivity contribution in [1.29, 1.82) is 0 Å². The highest BCUT2D eigenvalue weighted by atomic mass is 32.2. The molecule has 0 saturated heterocycles. The largest absolute Gasteiger partial charge is 0.495 e. The fraction of sp³-hybridized carbons (Fsp3) is 0.500. The van der Waals surface area contributed by atoms with Crippen LogP contribution in [-0.4, -0.2) is 23.6 Å². The van der Waals surface area contributed by atoms with Gasteiger partial charge in [-0.2, -0.15) is 11.8 Å². The Morgan fingerprint density at radius 2 is 2.36 bits per heavy atom. The van der Waals surface area contributed by atoms with E-state index in [0.717, 1.165) is 22.8 Å². The predicted octanol–water partition coefficient (Wildman–Crippen LogP) is 1.84. The molecule has 1 heterocycles. The molecule has 14 heavy (non-hydrogen) atoms. The van der Waals surface area contributed by atoms with Gasteiger partial charge in [-0.05, 0) is 17.4 Å². The van der Waals surface area contributed by atoms with Gasteiger partial charge in [-0.15, -0.1) is 0 Å². The van der Waals surface area contributed by atoms with E-state index in [9.17, 15) is 0 Å². The van der Waals surface area contributed by atoms with E-state index < -0.39 is 0 Å².